The number of hydrogen-bond acceptors (Lipinski definition) is 6. The summed E-state index contributed by atoms with van der Waals surface area (Å²) in [7, 11) is 1.40. The molecule has 1 saturated heterocycles. The molecule has 0 bridgehead atoms. The number of carbonyl (C=O) groups is 1. The topological polar surface area (TPSA) is 54.5 Å². The third kappa shape index (κ3) is 2.76. The summed E-state index contributed by atoms with van der Waals surface area (Å²) in [6, 6.07) is 0. The van der Waals surface area contributed by atoms with Crippen molar-refractivity contribution in [2.75, 3.05) is 38.2 Å². The first-order valence-electron chi connectivity index (χ1n) is 5.74. The van der Waals surface area contributed by atoms with Crippen molar-refractivity contribution in [2.45, 2.75) is 13.3 Å². The second kappa shape index (κ2) is 5.46. The Hall–Kier alpha value is -1.14. The van der Waals surface area contributed by atoms with Crippen LogP contribution in [-0.4, -0.2) is 44.2 Å². The first-order valence-corrected chi connectivity index (χ1v) is 6.55. The Morgan fingerprint density at radius 1 is 1.47 bits per heavy atom. The highest BCUT2D eigenvalue weighted by Crippen LogP contribution is 2.26. The molecule has 1 aromatic heterocycles. The molecule has 5 nitrogen and oxygen atoms in total. The van der Waals surface area contributed by atoms with Crippen LogP contribution >= 0.6 is 11.3 Å². The number of nitrogens with zero attached hydrogens (tertiary/aromatic N) is 2. The molecule has 1 aliphatic heterocycles. The number of methoxy groups -OCH3 is 1. The van der Waals surface area contributed by atoms with Crippen LogP contribution < -0.4 is 10.2 Å². The van der Waals surface area contributed by atoms with E-state index in [4.69, 9.17) is 4.74 Å². The fraction of sp³-hybridized carbons (Fsp3) is 0.636. The van der Waals surface area contributed by atoms with Crippen LogP contribution in [0.4, 0.5) is 5.13 Å². The monoisotopic (exact) mass is 255 g/mol. The summed E-state index contributed by atoms with van der Waals surface area (Å²) in [6.45, 7) is 5.79. The van der Waals surface area contributed by atoms with Gasteiger partial charge >= 0.3 is 5.97 Å². The highest BCUT2D eigenvalue weighted by Gasteiger charge is 2.19. The van der Waals surface area contributed by atoms with Gasteiger partial charge in [0, 0.05) is 19.6 Å². The molecule has 0 spiro atoms. The molecule has 0 amide bonds. The minimum atomic E-state index is -0.292. The lowest BCUT2D eigenvalue weighted by Gasteiger charge is -2.18. The van der Waals surface area contributed by atoms with Crippen LogP contribution in [0.5, 0.6) is 0 Å². The van der Waals surface area contributed by atoms with Crippen LogP contribution in [0, 0.1) is 6.92 Å². The molecule has 94 valence electrons. The molecule has 0 radical (unpaired) electrons. The molecule has 0 aromatic carbocycles. The Bertz CT molecular complexity index is 397. The molecule has 1 fully saturated rings. The van der Waals surface area contributed by atoms with Crippen LogP contribution in [0.2, 0.25) is 0 Å². The zero-order valence-corrected chi connectivity index (χ0v) is 11.0. The molecule has 17 heavy (non-hydrogen) atoms. The summed E-state index contributed by atoms with van der Waals surface area (Å²) >= 11 is 1.42. The Morgan fingerprint density at radius 3 is 3.06 bits per heavy atom. The van der Waals surface area contributed by atoms with E-state index in [1.54, 1.807) is 0 Å². The minimum Gasteiger partial charge on any atom is -0.465 e. The smallest absolute Gasteiger partial charge is 0.350 e. The maximum Gasteiger partial charge on any atom is 0.350 e. The van der Waals surface area contributed by atoms with E-state index in [1.165, 1.54) is 18.4 Å². The Kier molecular flexibility index (Phi) is 3.96. The van der Waals surface area contributed by atoms with Crippen molar-refractivity contribution in [1.29, 1.82) is 0 Å². The number of anilines is 1. The van der Waals surface area contributed by atoms with Gasteiger partial charge in [-0.2, -0.15) is 0 Å². The van der Waals surface area contributed by atoms with Crippen LogP contribution in [0.1, 0.15) is 21.8 Å². The first kappa shape index (κ1) is 12.3. The van der Waals surface area contributed by atoms with Crippen molar-refractivity contribution in [3.63, 3.8) is 0 Å². The first-order chi connectivity index (χ1) is 8.22. The number of rotatable bonds is 2. The van der Waals surface area contributed by atoms with E-state index in [2.05, 4.69) is 15.2 Å². The summed E-state index contributed by atoms with van der Waals surface area (Å²) in [5, 5.41) is 4.27. The summed E-state index contributed by atoms with van der Waals surface area (Å²) in [5.74, 6) is -0.292. The quantitative estimate of drug-likeness (QED) is 0.800. The van der Waals surface area contributed by atoms with Crippen molar-refractivity contribution in [2.24, 2.45) is 0 Å². The molecule has 0 unspecified atom stereocenters. The van der Waals surface area contributed by atoms with Crippen LogP contribution in [0.25, 0.3) is 0 Å². The summed E-state index contributed by atoms with van der Waals surface area (Å²) in [6.07, 6.45) is 1.10. The number of carbonyl (C=O) groups excluding carboxylic acids is 1. The third-order valence-electron chi connectivity index (χ3n) is 2.77. The van der Waals surface area contributed by atoms with E-state index < -0.39 is 0 Å². The molecule has 6 heteroatoms. The second-order valence-corrected chi connectivity index (χ2v) is 4.97. The fourth-order valence-electron chi connectivity index (χ4n) is 1.84. The van der Waals surface area contributed by atoms with Crippen molar-refractivity contribution in [1.82, 2.24) is 10.3 Å². The SMILES string of the molecule is COC(=O)c1sc(N2CCCNCC2)nc1C. The molecule has 2 heterocycles. The van der Waals surface area contributed by atoms with Gasteiger partial charge in [0.25, 0.3) is 0 Å². The fourth-order valence-corrected chi connectivity index (χ4v) is 2.87. The maximum atomic E-state index is 11.5. The number of nitrogens with one attached hydrogen (secondary N) is 1. The van der Waals surface area contributed by atoms with Gasteiger partial charge in [-0.3, -0.25) is 0 Å². The predicted molar refractivity (Wildman–Crippen MR) is 67.9 cm³/mol. The molecular weight excluding hydrogens is 238 g/mol. The van der Waals surface area contributed by atoms with Gasteiger partial charge in [-0.25, -0.2) is 9.78 Å². The lowest BCUT2D eigenvalue weighted by Crippen LogP contribution is -2.27. The van der Waals surface area contributed by atoms with Gasteiger partial charge in [-0.15, -0.1) is 0 Å². The third-order valence-corrected chi connectivity index (χ3v) is 3.96. The Morgan fingerprint density at radius 2 is 2.29 bits per heavy atom. The predicted octanol–water partition coefficient (Wildman–Crippen LogP) is 1.04. The molecule has 0 aliphatic carbocycles. The molecule has 1 N–H and O–H groups in total. The number of ether oxygens (including phenoxy) is 1. The van der Waals surface area contributed by atoms with Crippen molar-refractivity contribution in [3.8, 4) is 0 Å². The van der Waals surface area contributed by atoms with Gasteiger partial charge in [0.2, 0.25) is 0 Å². The van der Waals surface area contributed by atoms with E-state index >= 15 is 0 Å². The van der Waals surface area contributed by atoms with Crippen LogP contribution in [0.15, 0.2) is 0 Å². The number of aryl methyl sites for hydroxylation is 1. The van der Waals surface area contributed by atoms with E-state index in [1.807, 2.05) is 6.92 Å². The van der Waals surface area contributed by atoms with E-state index in [9.17, 15) is 4.79 Å². The lowest BCUT2D eigenvalue weighted by molar-refractivity contribution is 0.0605. The maximum absolute atomic E-state index is 11.5. The summed E-state index contributed by atoms with van der Waals surface area (Å²) in [5.41, 5.74) is 0.758. The number of esters is 1. The standard InChI is InChI=1S/C11H17N3O2S/c1-8-9(10(15)16-2)17-11(13-8)14-6-3-4-12-5-7-14/h12H,3-7H2,1-2H3. The van der Waals surface area contributed by atoms with Crippen molar-refractivity contribution >= 4 is 22.4 Å². The Labute approximate surface area is 105 Å². The average Bonchev–Trinajstić information content (AvgIpc) is 2.57. The van der Waals surface area contributed by atoms with E-state index in [0.29, 0.717) is 4.88 Å². The molecule has 0 atom stereocenters. The van der Waals surface area contributed by atoms with Gasteiger partial charge in [0.05, 0.1) is 12.8 Å². The number of hydrogen-bond donors (Lipinski definition) is 1. The Balaban J connectivity index is 2.18. The molecule has 0 saturated carbocycles. The largest absolute Gasteiger partial charge is 0.465 e. The zero-order chi connectivity index (χ0) is 12.3. The van der Waals surface area contributed by atoms with Crippen LogP contribution in [0.3, 0.4) is 0 Å². The second-order valence-electron chi connectivity index (χ2n) is 3.99. The number of aromatic nitrogens is 1. The zero-order valence-electron chi connectivity index (χ0n) is 10.2. The van der Waals surface area contributed by atoms with Gasteiger partial charge in [-0.1, -0.05) is 11.3 Å². The summed E-state index contributed by atoms with van der Waals surface area (Å²) < 4.78 is 4.74. The molecule has 2 rings (SSSR count). The normalized spacial score (nSPS) is 16.7. The van der Waals surface area contributed by atoms with E-state index in [-0.39, 0.29) is 5.97 Å². The highest BCUT2D eigenvalue weighted by molar-refractivity contribution is 7.17. The molecule has 1 aliphatic rings. The van der Waals surface area contributed by atoms with E-state index in [0.717, 1.165) is 43.4 Å². The van der Waals surface area contributed by atoms with Gasteiger partial charge in [-0.05, 0) is 19.9 Å². The van der Waals surface area contributed by atoms with Crippen LogP contribution in [-0.2, 0) is 4.74 Å². The van der Waals surface area contributed by atoms with Gasteiger partial charge < -0.3 is 15.0 Å². The highest BCUT2D eigenvalue weighted by atomic mass is 32.1. The van der Waals surface area contributed by atoms with Gasteiger partial charge in [0.15, 0.2) is 5.13 Å². The lowest BCUT2D eigenvalue weighted by atomic mass is 10.4. The molecular formula is C11H17N3O2S. The number of thiazole rings is 1. The van der Waals surface area contributed by atoms with Crippen molar-refractivity contribution < 1.29 is 9.53 Å². The average molecular weight is 255 g/mol. The molecule has 1 aromatic rings. The van der Waals surface area contributed by atoms with Crippen molar-refractivity contribution in [3.05, 3.63) is 10.6 Å². The minimum absolute atomic E-state index is 0.292. The summed E-state index contributed by atoms with van der Waals surface area (Å²) in [4.78, 5) is 18.8. The van der Waals surface area contributed by atoms with Gasteiger partial charge in [0.1, 0.15) is 4.88 Å².